The minimum atomic E-state index is -3.95. The molecule has 7 nitrogen and oxygen atoms in total. The van der Waals surface area contributed by atoms with Crippen LogP contribution in [0.1, 0.15) is 23.7 Å². The molecule has 2 rings (SSSR count). The Hall–Kier alpha value is -2.29. The third kappa shape index (κ3) is 6.42. The zero-order valence-corrected chi connectivity index (χ0v) is 16.3. The number of hydrogen-bond donors (Lipinski definition) is 1. The van der Waals surface area contributed by atoms with Gasteiger partial charge in [-0.25, -0.2) is 18.4 Å². The highest BCUT2D eigenvalue weighted by molar-refractivity contribution is 7.89. The molecule has 27 heavy (non-hydrogen) atoms. The van der Waals surface area contributed by atoms with Gasteiger partial charge in [0.2, 0.25) is 10.0 Å². The molecule has 0 unspecified atom stereocenters. The van der Waals surface area contributed by atoms with Gasteiger partial charge in [0, 0.05) is 0 Å². The number of carbonyl (C=O) groups excluding carboxylic acids is 1. The summed E-state index contributed by atoms with van der Waals surface area (Å²) in [6.45, 7) is 2.75. The fourth-order valence-corrected chi connectivity index (χ4v) is 2.80. The van der Waals surface area contributed by atoms with Crippen molar-refractivity contribution in [2.75, 3.05) is 19.8 Å². The summed E-state index contributed by atoms with van der Waals surface area (Å²) in [7, 11) is -3.95. The molecular formula is C18H20ClNO6S. The summed E-state index contributed by atoms with van der Waals surface area (Å²) < 4.78 is 38.8. The summed E-state index contributed by atoms with van der Waals surface area (Å²) in [4.78, 5) is 11.9. The number of primary sulfonamides is 1. The van der Waals surface area contributed by atoms with Crippen LogP contribution in [0, 0.1) is 0 Å². The SMILES string of the molecule is CCCOc1ccc(OCCOC(=O)c2cc(S(N)(=O)=O)ccc2Cl)cc1. The molecule has 0 fully saturated rings. The molecule has 0 radical (unpaired) electrons. The number of esters is 1. The first-order chi connectivity index (χ1) is 12.8. The maximum absolute atomic E-state index is 12.1. The second-order valence-corrected chi connectivity index (χ2v) is 7.46. The van der Waals surface area contributed by atoms with Crippen molar-refractivity contribution in [1.29, 1.82) is 0 Å². The molecule has 2 aromatic rings. The number of rotatable bonds is 9. The van der Waals surface area contributed by atoms with Gasteiger partial charge in [0.1, 0.15) is 24.7 Å². The van der Waals surface area contributed by atoms with Gasteiger partial charge in [-0.3, -0.25) is 0 Å². The van der Waals surface area contributed by atoms with Crippen LogP contribution in [-0.2, 0) is 14.8 Å². The number of carbonyl (C=O) groups is 1. The van der Waals surface area contributed by atoms with Crippen LogP contribution in [0.3, 0.4) is 0 Å². The van der Waals surface area contributed by atoms with Crippen LogP contribution in [0.4, 0.5) is 0 Å². The highest BCUT2D eigenvalue weighted by atomic mass is 35.5. The third-order valence-corrected chi connectivity index (χ3v) is 4.61. The molecule has 2 aromatic carbocycles. The normalized spacial score (nSPS) is 11.1. The second kappa shape index (κ2) is 9.59. The van der Waals surface area contributed by atoms with E-state index in [0.717, 1.165) is 18.2 Å². The first-order valence-corrected chi connectivity index (χ1v) is 10.1. The summed E-state index contributed by atoms with van der Waals surface area (Å²) in [5, 5.41) is 5.11. The third-order valence-electron chi connectivity index (χ3n) is 3.37. The smallest absolute Gasteiger partial charge is 0.339 e. The van der Waals surface area contributed by atoms with Crippen LogP contribution in [0.25, 0.3) is 0 Å². The first kappa shape index (κ1) is 21.0. The van der Waals surface area contributed by atoms with Crippen molar-refractivity contribution < 1.29 is 27.4 Å². The Labute approximate surface area is 163 Å². The van der Waals surface area contributed by atoms with Crippen molar-refractivity contribution >= 4 is 27.6 Å². The monoisotopic (exact) mass is 413 g/mol. The molecule has 0 spiro atoms. The van der Waals surface area contributed by atoms with E-state index in [0.29, 0.717) is 12.4 Å². The van der Waals surface area contributed by atoms with Gasteiger partial charge in [-0.1, -0.05) is 18.5 Å². The van der Waals surface area contributed by atoms with E-state index in [2.05, 4.69) is 0 Å². The lowest BCUT2D eigenvalue weighted by Gasteiger charge is -2.10. The number of hydrogen-bond acceptors (Lipinski definition) is 6. The Bertz CT molecular complexity index is 883. The highest BCUT2D eigenvalue weighted by Gasteiger charge is 2.17. The van der Waals surface area contributed by atoms with Crippen LogP contribution in [0.2, 0.25) is 5.02 Å². The summed E-state index contributed by atoms with van der Waals surface area (Å²) >= 11 is 5.92. The number of benzene rings is 2. The predicted molar refractivity (Wildman–Crippen MR) is 101 cm³/mol. The van der Waals surface area contributed by atoms with Crippen LogP contribution in [0.5, 0.6) is 11.5 Å². The molecule has 0 atom stereocenters. The summed E-state index contributed by atoms with van der Waals surface area (Å²) in [5.41, 5.74) is -0.0828. The first-order valence-electron chi connectivity index (χ1n) is 8.16. The van der Waals surface area contributed by atoms with Crippen LogP contribution in [-0.4, -0.2) is 34.2 Å². The molecule has 2 N–H and O–H groups in total. The number of halogens is 1. The van der Waals surface area contributed by atoms with Gasteiger partial charge in [0.15, 0.2) is 0 Å². The minimum Gasteiger partial charge on any atom is -0.494 e. The van der Waals surface area contributed by atoms with Gasteiger partial charge in [-0.2, -0.15) is 0 Å². The lowest BCUT2D eigenvalue weighted by molar-refractivity contribution is 0.0450. The second-order valence-electron chi connectivity index (χ2n) is 5.49. The fourth-order valence-electron chi connectivity index (χ4n) is 2.06. The lowest BCUT2D eigenvalue weighted by atomic mass is 10.2. The average molecular weight is 414 g/mol. The molecule has 0 amide bonds. The molecule has 0 saturated carbocycles. The van der Waals surface area contributed by atoms with Crippen molar-refractivity contribution in [1.82, 2.24) is 0 Å². The Morgan fingerprint density at radius 1 is 1.00 bits per heavy atom. The van der Waals surface area contributed by atoms with E-state index < -0.39 is 16.0 Å². The van der Waals surface area contributed by atoms with Crippen molar-refractivity contribution in [3.05, 3.63) is 53.1 Å². The van der Waals surface area contributed by atoms with Gasteiger partial charge >= 0.3 is 5.97 Å². The summed E-state index contributed by atoms with van der Waals surface area (Å²) in [6.07, 6.45) is 0.924. The van der Waals surface area contributed by atoms with E-state index in [-0.39, 0.29) is 28.7 Å². The minimum absolute atomic E-state index is 0.0388. The number of nitrogens with two attached hydrogens (primary N) is 1. The van der Waals surface area contributed by atoms with Crippen molar-refractivity contribution in [2.24, 2.45) is 5.14 Å². The van der Waals surface area contributed by atoms with E-state index in [1.807, 2.05) is 6.92 Å². The Kier molecular flexibility index (Phi) is 7.46. The highest BCUT2D eigenvalue weighted by Crippen LogP contribution is 2.21. The van der Waals surface area contributed by atoms with Crippen LogP contribution in [0.15, 0.2) is 47.4 Å². The maximum atomic E-state index is 12.1. The Balaban J connectivity index is 1.86. The average Bonchev–Trinajstić information content (AvgIpc) is 2.63. The molecule has 0 aliphatic rings. The molecule has 0 bridgehead atoms. The molecule has 0 aromatic heterocycles. The summed E-state index contributed by atoms with van der Waals surface area (Å²) in [5.74, 6) is 0.585. The van der Waals surface area contributed by atoms with Gasteiger partial charge in [-0.15, -0.1) is 0 Å². The van der Waals surface area contributed by atoms with Gasteiger partial charge in [0.05, 0.1) is 22.1 Å². The van der Waals surface area contributed by atoms with E-state index in [1.54, 1.807) is 24.3 Å². The van der Waals surface area contributed by atoms with E-state index in [1.165, 1.54) is 12.1 Å². The lowest BCUT2D eigenvalue weighted by Crippen LogP contribution is -2.15. The quantitative estimate of drug-likeness (QED) is 0.500. The van der Waals surface area contributed by atoms with Crippen molar-refractivity contribution in [3.8, 4) is 11.5 Å². The maximum Gasteiger partial charge on any atom is 0.339 e. The molecule has 9 heteroatoms. The topological polar surface area (TPSA) is 105 Å². The van der Waals surface area contributed by atoms with E-state index >= 15 is 0 Å². The molecular weight excluding hydrogens is 394 g/mol. The van der Waals surface area contributed by atoms with E-state index in [9.17, 15) is 13.2 Å². The zero-order chi connectivity index (χ0) is 19.9. The predicted octanol–water partition coefficient (Wildman–Crippen LogP) is 3.01. The van der Waals surface area contributed by atoms with Gasteiger partial charge in [-0.05, 0) is 48.9 Å². The van der Waals surface area contributed by atoms with Gasteiger partial charge < -0.3 is 14.2 Å². The molecule has 146 valence electrons. The van der Waals surface area contributed by atoms with Crippen molar-refractivity contribution in [3.63, 3.8) is 0 Å². The Morgan fingerprint density at radius 3 is 2.15 bits per heavy atom. The van der Waals surface area contributed by atoms with E-state index in [4.69, 9.17) is 31.0 Å². The van der Waals surface area contributed by atoms with Crippen molar-refractivity contribution in [2.45, 2.75) is 18.2 Å². The largest absolute Gasteiger partial charge is 0.494 e. The van der Waals surface area contributed by atoms with Crippen LogP contribution >= 0.6 is 11.6 Å². The molecule has 0 saturated heterocycles. The standard InChI is InChI=1S/C18H20ClNO6S/c1-2-9-24-13-3-5-14(6-4-13)25-10-11-26-18(21)16-12-15(27(20,22)23)7-8-17(16)19/h3-8,12H,2,9-11H2,1H3,(H2,20,22,23). The van der Waals surface area contributed by atoms with Crippen LogP contribution < -0.4 is 14.6 Å². The Morgan fingerprint density at radius 2 is 1.59 bits per heavy atom. The number of ether oxygens (including phenoxy) is 3. The zero-order valence-electron chi connectivity index (χ0n) is 14.7. The fraction of sp³-hybridized carbons (Fsp3) is 0.278. The van der Waals surface area contributed by atoms with Gasteiger partial charge in [0.25, 0.3) is 0 Å². The molecule has 0 heterocycles. The summed E-state index contributed by atoms with van der Waals surface area (Å²) in [6, 6.07) is 10.6. The number of sulfonamides is 1. The molecule has 0 aliphatic heterocycles. The molecule has 0 aliphatic carbocycles.